The van der Waals surface area contributed by atoms with Crippen LogP contribution in [0.2, 0.25) is 0 Å². The molecule has 1 aliphatic rings. The number of anilines is 1. The van der Waals surface area contributed by atoms with E-state index >= 15 is 0 Å². The molecule has 0 aliphatic carbocycles. The van der Waals surface area contributed by atoms with Gasteiger partial charge in [0.05, 0.1) is 0 Å². The Labute approximate surface area is 154 Å². The summed E-state index contributed by atoms with van der Waals surface area (Å²) in [5, 5.41) is 2.83. The van der Waals surface area contributed by atoms with Crippen LogP contribution >= 0.6 is 0 Å². The molecule has 0 bridgehead atoms. The van der Waals surface area contributed by atoms with Crippen molar-refractivity contribution >= 4 is 17.5 Å². The van der Waals surface area contributed by atoms with Crippen molar-refractivity contribution in [2.24, 2.45) is 0 Å². The zero-order chi connectivity index (χ0) is 18.5. The van der Waals surface area contributed by atoms with E-state index in [1.54, 1.807) is 31.2 Å². The van der Waals surface area contributed by atoms with Crippen LogP contribution in [0.25, 0.3) is 0 Å². The number of aryl methyl sites for hydroxylation is 1. The van der Waals surface area contributed by atoms with Crippen molar-refractivity contribution in [3.8, 4) is 5.75 Å². The van der Waals surface area contributed by atoms with Gasteiger partial charge in [0, 0.05) is 24.3 Å². The van der Waals surface area contributed by atoms with Gasteiger partial charge in [0.2, 0.25) is 0 Å². The van der Waals surface area contributed by atoms with Crippen molar-refractivity contribution in [1.82, 2.24) is 4.90 Å². The van der Waals surface area contributed by atoms with Crippen LogP contribution in [0.3, 0.4) is 0 Å². The van der Waals surface area contributed by atoms with Gasteiger partial charge in [0.25, 0.3) is 11.8 Å². The molecule has 26 heavy (non-hydrogen) atoms. The summed E-state index contributed by atoms with van der Waals surface area (Å²) < 4.78 is 5.75. The van der Waals surface area contributed by atoms with Crippen LogP contribution in [0.1, 0.15) is 35.7 Å². The van der Waals surface area contributed by atoms with E-state index in [0.717, 1.165) is 31.5 Å². The third-order valence-electron chi connectivity index (χ3n) is 4.54. The van der Waals surface area contributed by atoms with Gasteiger partial charge >= 0.3 is 0 Å². The van der Waals surface area contributed by atoms with E-state index in [0.29, 0.717) is 17.0 Å². The van der Waals surface area contributed by atoms with Gasteiger partial charge in [-0.1, -0.05) is 24.3 Å². The SMILES string of the molecule is Cc1ccccc1OC(C)C(=O)Nc1cccc(C(=O)N2CCCC2)c1. The molecule has 1 N–H and O–H groups in total. The lowest BCUT2D eigenvalue weighted by Crippen LogP contribution is -2.30. The summed E-state index contributed by atoms with van der Waals surface area (Å²) in [5.74, 6) is 0.454. The largest absolute Gasteiger partial charge is 0.481 e. The van der Waals surface area contributed by atoms with Gasteiger partial charge in [0.1, 0.15) is 5.75 Å². The first-order valence-electron chi connectivity index (χ1n) is 8.97. The molecule has 2 amide bonds. The molecule has 5 nitrogen and oxygen atoms in total. The zero-order valence-corrected chi connectivity index (χ0v) is 15.2. The first kappa shape index (κ1) is 18.0. The molecule has 1 unspecified atom stereocenters. The predicted octanol–water partition coefficient (Wildman–Crippen LogP) is 3.64. The van der Waals surface area contributed by atoms with Gasteiger partial charge in [-0.2, -0.15) is 0 Å². The quantitative estimate of drug-likeness (QED) is 0.894. The van der Waals surface area contributed by atoms with Gasteiger partial charge < -0.3 is 15.0 Å². The molecular formula is C21H24N2O3. The average Bonchev–Trinajstić information content (AvgIpc) is 3.18. The summed E-state index contributed by atoms with van der Waals surface area (Å²) in [4.78, 5) is 26.8. The number of nitrogens with one attached hydrogen (secondary N) is 1. The minimum Gasteiger partial charge on any atom is -0.481 e. The van der Waals surface area contributed by atoms with E-state index in [4.69, 9.17) is 4.74 Å². The molecule has 1 saturated heterocycles. The molecule has 0 spiro atoms. The van der Waals surface area contributed by atoms with Gasteiger partial charge in [-0.25, -0.2) is 0 Å². The summed E-state index contributed by atoms with van der Waals surface area (Å²) >= 11 is 0. The predicted molar refractivity (Wildman–Crippen MR) is 101 cm³/mol. The van der Waals surface area contributed by atoms with E-state index in [1.165, 1.54) is 0 Å². The zero-order valence-electron chi connectivity index (χ0n) is 15.2. The molecule has 1 heterocycles. The maximum atomic E-state index is 12.5. The van der Waals surface area contributed by atoms with Gasteiger partial charge in [-0.15, -0.1) is 0 Å². The number of nitrogens with zero attached hydrogens (tertiary/aromatic N) is 1. The number of carbonyl (C=O) groups is 2. The highest BCUT2D eigenvalue weighted by Gasteiger charge is 2.20. The molecule has 136 valence electrons. The summed E-state index contributed by atoms with van der Waals surface area (Å²) in [6.45, 7) is 5.25. The van der Waals surface area contributed by atoms with Gasteiger partial charge in [-0.05, 0) is 56.5 Å². The van der Waals surface area contributed by atoms with E-state index in [-0.39, 0.29) is 11.8 Å². The maximum absolute atomic E-state index is 12.5. The fourth-order valence-corrected chi connectivity index (χ4v) is 3.01. The Morgan fingerprint density at radius 2 is 1.81 bits per heavy atom. The summed E-state index contributed by atoms with van der Waals surface area (Å²) in [5.41, 5.74) is 2.17. The Kier molecular flexibility index (Phi) is 5.56. The smallest absolute Gasteiger partial charge is 0.265 e. The van der Waals surface area contributed by atoms with Crippen molar-refractivity contribution in [1.29, 1.82) is 0 Å². The fourth-order valence-electron chi connectivity index (χ4n) is 3.01. The van der Waals surface area contributed by atoms with E-state index in [9.17, 15) is 9.59 Å². The molecule has 0 saturated carbocycles. The number of para-hydroxylation sites is 1. The Bertz CT molecular complexity index is 797. The second kappa shape index (κ2) is 8.04. The lowest BCUT2D eigenvalue weighted by atomic mass is 10.1. The monoisotopic (exact) mass is 352 g/mol. The summed E-state index contributed by atoms with van der Waals surface area (Å²) in [7, 11) is 0. The van der Waals surface area contributed by atoms with E-state index in [2.05, 4.69) is 5.32 Å². The number of hydrogen-bond donors (Lipinski definition) is 1. The molecule has 5 heteroatoms. The van der Waals surface area contributed by atoms with Crippen LogP contribution in [-0.4, -0.2) is 35.9 Å². The maximum Gasteiger partial charge on any atom is 0.265 e. The third-order valence-corrected chi connectivity index (χ3v) is 4.54. The molecule has 1 fully saturated rings. The minimum atomic E-state index is -0.644. The summed E-state index contributed by atoms with van der Waals surface area (Å²) in [6, 6.07) is 14.6. The van der Waals surface area contributed by atoms with E-state index < -0.39 is 6.10 Å². The van der Waals surface area contributed by atoms with Crippen molar-refractivity contribution in [3.05, 3.63) is 59.7 Å². The molecule has 2 aromatic rings. The number of carbonyl (C=O) groups excluding carboxylic acids is 2. The molecule has 0 aromatic heterocycles. The average molecular weight is 352 g/mol. The van der Waals surface area contributed by atoms with Crippen molar-refractivity contribution < 1.29 is 14.3 Å². The van der Waals surface area contributed by atoms with Crippen LogP contribution in [0, 0.1) is 6.92 Å². The standard InChI is InChI=1S/C21H24N2O3/c1-15-8-3-4-11-19(15)26-16(2)20(24)22-18-10-7-9-17(14-18)21(25)23-12-5-6-13-23/h3-4,7-11,14,16H,5-6,12-13H2,1-2H3,(H,22,24). The van der Waals surface area contributed by atoms with Crippen molar-refractivity contribution in [2.75, 3.05) is 18.4 Å². The fraction of sp³-hybridized carbons (Fsp3) is 0.333. The highest BCUT2D eigenvalue weighted by Crippen LogP contribution is 2.19. The Hall–Kier alpha value is -2.82. The Morgan fingerprint density at radius 3 is 2.54 bits per heavy atom. The lowest BCUT2D eigenvalue weighted by Gasteiger charge is -2.17. The molecule has 2 aromatic carbocycles. The Morgan fingerprint density at radius 1 is 1.08 bits per heavy atom. The molecular weight excluding hydrogens is 328 g/mol. The number of likely N-dealkylation sites (tertiary alicyclic amines) is 1. The molecule has 1 atom stereocenters. The lowest BCUT2D eigenvalue weighted by molar-refractivity contribution is -0.122. The topological polar surface area (TPSA) is 58.6 Å². The molecule has 1 aliphatic heterocycles. The highest BCUT2D eigenvalue weighted by atomic mass is 16.5. The number of ether oxygens (including phenoxy) is 1. The van der Waals surface area contributed by atoms with Crippen LogP contribution < -0.4 is 10.1 Å². The number of rotatable bonds is 5. The van der Waals surface area contributed by atoms with Crippen LogP contribution in [0.4, 0.5) is 5.69 Å². The van der Waals surface area contributed by atoms with Gasteiger partial charge in [0.15, 0.2) is 6.10 Å². The molecule has 3 rings (SSSR count). The Balaban J connectivity index is 1.64. The minimum absolute atomic E-state index is 0.0165. The summed E-state index contributed by atoms with van der Waals surface area (Å²) in [6.07, 6.45) is 1.46. The highest BCUT2D eigenvalue weighted by molar-refractivity contribution is 5.98. The van der Waals surface area contributed by atoms with Crippen LogP contribution in [0.5, 0.6) is 5.75 Å². The molecule has 0 radical (unpaired) electrons. The number of hydrogen-bond acceptors (Lipinski definition) is 3. The van der Waals surface area contributed by atoms with Gasteiger partial charge in [-0.3, -0.25) is 9.59 Å². The number of benzene rings is 2. The van der Waals surface area contributed by atoms with Crippen LogP contribution in [0.15, 0.2) is 48.5 Å². The normalized spacial score (nSPS) is 14.8. The second-order valence-electron chi connectivity index (χ2n) is 6.59. The first-order chi connectivity index (χ1) is 12.5. The first-order valence-corrected chi connectivity index (χ1v) is 8.97. The number of amides is 2. The van der Waals surface area contributed by atoms with Crippen molar-refractivity contribution in [3.63, 3.8) is 0 Å². The third kappa shape index (κ3) is 4.23. The van der Waals surface area contributed by atoms with Crippen LogP contribution in [-0.2, 0) is 4.79 Å². The van der Waals surface area contributed by atoms with E-state index in [1.807, 2.05) is 36.1 Å². The second-order valence-corrected chi connectivity index (χ2v) is 6.59. The van der Waals surface area contributed by atoms with Crippen molar-refractivity contribution in [2.45, 2.75) is 32.8 Å².